The first-order chi connectivity index (χ1) is 40.2. The molecule has 0 saturated heterocycles. The number of unbranched alkanes of at least 4 members (excludes halogenated alkanes) is 31. The summed E-state index contributed by atoms with van der Waals surface area (Å²) in [5.41, 5.74) is 0. The Morgan fingerprint density at radius 1 is 0.321 bits per heavy atom. The standard InChI is InChI=1S/C65H126O17P2/c1-8-9-10-29-39-46-62(67)75-52-60(81-65(70)49-42-35-28-22-25-32-38-45-58(6)7)54-79-83(71,72)77-50-59(66)51-78-84(73,74)80-55-61(53-76-63(68)47-40-33-26-20-17-13-15-19-24-31-37-44-57(4)5)82-64(69)48-41-34-27-21-16-12-11-14-18-23-30-36-43-56(2)3/h56-61,66H,8-55H2,1-7H3,(H,71,72)(H,73,74)/t59-,60+,61+/m0/s1. The third-order valence-corrected chi connectivity index (χ3v) is 16.8. The van der Waals surface area contributed by atoms with Gasteiger partial charge in [0.15, 0.2) is 12.2 Å². The summed E-state index contributed by atoms with van der Waals surface area (Å²) in [5.74, 6) is 0.0980. The number of hydrogen-bond donors (Lipinski definition) is 3. The number of esters is 4. The maximum atomic E-state index is 13.0. The van der Waals surface area contributed by atoms with Crippen LogP contribution in [0.2, 0.25) is 0 Å². The van der Waals surface area contributed by atoms with E-state index in [4.69, 9.17) is 37.0 Å². The molecule has 3 N–H and O–H groups in total. The van der Waals surface area contributed by atoms with Gasteiger partial charge in [-0.25, -0.2) is 9.13 Å². The van der Waals surface area contributed by atoms with Crippen LogP contribution < -0.4 is 0 Å². The van der Waals surface area contributed by atoms with Crippen molar-refractivity contribution in [2.75, 3.05) is 39.6 Å². The first kappa shape index (κ1) is 82.1. The number of ether oxygens (including phenoxy) is 4. The zero-order valence-electron chi connectivity index (χ0n) is 54.4. The van der Waals surface area contributed by atoms with Crippen LogP contribution in [-0.2, 0) is 65.4 Å². The number of phosphoric acid groups is 2. The Balaban J connectivity index is 5.18. The van der Waals surface area contributed by atoms with E-state index in [0.717, 1.165) is 108 Å². The van der Waals surface area contributed by atoms with Gasteiger partial charge in [-0.1, -0.05) is 267 Å². The van der Waals surface area contributed by atoms with Crippen molar-refractivity contribution < 1.29 is 80.2 Å². The van der Waals surface area contributed by atoms with Gasteiger partial charge in [0.2, 0.25) is 0 Å². The molecule has 498 valence electrons. The molecule has 0 aromatic rings. The molecule has 17 nitrogen and oxygen atoms in total. The molecule has 0 aromatic heterocycles. The molecule has 0 spiro atoms. The van der Waals surface area contributed by atoms with E-state index in [2.05, 4.69) is 48.5 Å². The fraction of sp³-hybridized carbons (Fsp3) is 0.938. The second-order valence-corrected chi connectivity index (χ2v) is 27.8. The summed E-state index contributed by atoms with van der Waals surface area (Å²) in [6, 6.07) is 0. The third-order valence-electron chi connectivity index (χ3n) is 14.9. The van der Waals surface area contributed by atoms with Gasteiger partial charge in [-0.3, -0.25) is 37.3 Å². The summed E-state index contributed by atoms with van der Waals surface area (Å²) in [7, 11) is -9.88. The largest absolute Gasteiger partial charge is 0.472 e. The molecule has 0 aromatic carbocycles. The fourth-order valence-electron chi connectivity index (χ4n) is 9.66. The number of carbonyl (C=O) groups excluding carboxylic acids is 4. The van der Waals surface area contributed by atoms with Crippen LogP contribution in [0.4, 0.5) is 0 Å². The molecule has 19 heteroatoms. The maximum Gasteiger partial charge on any atom is 0.472 e. The Morgan fingerprint density at radius 2 is 0.548 bits per heavy atom. The zero-order valence-corrected chi connectivity index (χ0v) is 56.1. The molecule has 0 aliphatic heterocycles. The molecule has 0 aliphatic rings. The lowest BCUT2D eigenvalue weighted by Gasteiger charge is -2.21. The Morgan fingerprint density at radius 3 is 0.810 bits per heavy atom. The highest BCUT2D eigenvalue weighted by molar-refractivity contribution is 7.47. The van der Waals surface area contributed by atoms with Crippen molar-refractivity contribution >= 4 is 39.5 Å². The van der Waals surface area contributed by atoms with Gasteiger partial charge in [0.1, 0.15) is 19.3 Å². The van der Waals surface area contributed by atoms with E-state index < -0.39 is 97.5 Å². The Hall–Kier alpha value is -1.94. The number of hydrogen-bond acceptors (Lipinski definition) is 15. The van der Waals surface area contributed by atoms with Crippen molar-refractivity contribution in [2.45, 2.75) is 336 Å². The van der Waals surface area contributed by atoms with Gasteiger partial charge in [0, 0.05) is 25.7 Å². The number of phosphoric ester groups is 2. The van der Waals surface area contributed by atoms with Crippen molar-refractivity contribution in [2.24, 2.45) is 17.8 Å². The van der Waals surface area contributed by atoms with Crippen LogP contribution in [0.15, 0.2) is 0 Å². The van der Waals surface area contributed by atoms with E-state index in [0.29, 0.717) is 31.6 Å². The Kier molecular flexibility index (Phi) is 55.0. The molecule has 0 bridgehead atoms. The van der Waals surface area contributed by atoms with Crippen molar-refractivity contribution in [3.05, 3.63) is 0 Å². The first-order valence-electron chi connectivity index (χ1n) is 33.8. The number of rotatable bonds is 63. The monoisotopic (exact) mass is 1240 g/mol. The maximum absolute atomic E-state index is 13.0. The molecule has 0 fully saturated rings. The quantitative estimate of drug-likeness (QED) is 0.0222. The fourth-order valence-corrected chi connectivity index (χ4v) is 11.2. The Labute approximate surface area is 511 Å². The summed E-state index contributed by atoms with van der Waals surface area (Å²) < 4.78 is 67.8. The van der Waals surface area contributed by atoms with E-state index in [1.54, 1.807) is 0 Å². The van der Waals surface area contributed by atoms with Gasteiger partial charge in [0.25, 0.3) is 0 Å². The molecular weight excluding hydrogens is 1110 g/mol. The molecule has 0 heterocycles. The predicted molar refractivity (Wildman–Crippen MR) is 335 cm³/mol. The van der Waals surface area contributed by atoms with Crippen molar-refractivity contribution in [1.29, 1.82) is 0 Å². The minimum Gasteiger partial charge on any atom is -0.462 e. The SMILES string of the molecule is CCCCCCCC(=O)OC[C@H](COP(=O)(O)OC[C@H](O)COP(=O)(O)OC[C@@H](COC(=O)CCCCCCCCCCCCCC(C)C)OC(=O)CCCCCCCCCCCCCCC(C)C)OC(=O)CCCCCCCCCC(C)C. The van der Waals surface area contributed by atoms with Crippen molar-refractivity contribution in [3.8, 4) is 0 Å². The molecule has 0 aliphatic carbocycles. The van der Waals surface area contributed by atoms with Gasteiger partial charge in [-0.15, -0.1) is 0 Å². The molecule has 0 amide bonds. The molecule has 2 unspecified atom stereocenters. The minimum absolute atomic E-state index is 0.102. The van der Waals surface area contributed by atoms with Gasteiger partial charge in [-0.05, 0) is 43.4 Å². The third kappa shape index (κ3) is 59.0. The van der Waals surface area contributed by atoms with Crippen molar-refractivity contribution in [3.63, 3.8) is 0 Å². The van der Waals surface area contributed by atoms with E-state index >= 15 is 0 Å². The van der Waals surface area contributed by atoms with Crippen LogP contribution in [-0.4, -0.2) is 96.7 Å². The van der Waals surface area contributed by atoms with Crippen LogP contribution in [0.25, 0.3) is 0 Å². The average molecular weight is 1240 g/mol. The highest BCUT2D eigenvalue weighted by Crippen LogP contribution is 2.45. The van der Waals surface area contributed by atoms with E-state index in [1.165, 1.54) is 122 Å². The lowest BCUT2D eigenvalue weighted by Crippen LogP contribution is -2.30. The normalized spacial score (nSPS) is 14.3. The molecular formula is C65H126O17P2. The van der Waals surface area contributed by atoms with Crippen LogP contribution in [0, 0.1) is 17.8 Å². The predicted octanol–water partition coefficient (Wildman–Crippen LogP) is 17.9. The Bertz CT molecular complexity index is 1660. The van der Waals surface area contributed by atoms with Gasteiger partial charge in [-0.2, -0.15) is 0 Å². The van der Waals surface area contributed by atoms with Crippen LogP contribution >= 0.6 is 15.6 Å². The summed E-state index contributed by atoms with van der Waals surface area (Å²) >= 11 is 0. The van der Waals surface area contributed by atoms with E-state index in [9.17, 15) is 43.2 Å². The van der Waals surface area contributed by atoms with Crippen LogP contribution in [0.5, 0.6) is 0 Å². The van der Waals surface area contributed by atoms with E-state index in [-0.39, 0.29) is 25.7 Å². The second-order valence-electron chi connectivity index (χ2n) is 24.9. The zero-order chi connectivity index (χ0) is 62.4. The summed E-state index contributed by atoms with van der Waals surface area (Å²) in [6.07, 6.45) is 38.0. The highest BCUT2D eigenvalue weighted by atomic mass is 31.2. The number of aliphatic hydroxyl groups excluding tert-OH is 1. The summed E-state index contributed by atoms with van der Waals surface area (Å²) in [5, 5.41) is 10.5. The van der Waals surface area contributed by atoms with Gasteiger partial charge < -0.3 is 33.8 Å². The number of carbonyl (C=O) groups is 4. The summed E-state index contributed by atoms with van der Waals surface area (Å²) in [6.45, 7) is 11.7. The number of aliphatic hydroxyl groups is 1. The first-order valence-corrected chi connectivity index (χ1v) is 36.8. The average Bonchev–Trinajstić information content (AvgIpc) is 3.46. The van der Waals surface area contributed by atoms with Crippen LogP contribution in [0.3, 0.4) is 0 Å². The smallest absolute Gasteiger partial charge is 0.462 e. The lowest BCUT2D eigenvalue weighted by molar-refractivity contribution is -0.161. The van der Waals surface area contributed by atoms with E-state index in [1.807, 2.05) is 0 Å². The van der Waals surface area contributed by atoms with Gasteiger partial charge >= 0.3 is 39.5 Å². The second kappa shape index (κ2) is 56.3. The molecule has 0 saturated carbocycles. The highest BCUT2D eigenvalue weighted by Gasteiger charge is 2.30. The van der Waals surface area contributed by atoms with Crippen molar-refractivity contribution in [1.82, 2.24) is 0 Å². The topological polar surface area (TPSA) is 237 Å². The summed E-state index contributed by atoms with van der Waals surface area (Å²) in [4.78, 5) is 72.0. The molecule has 0 radical (unpaired) electrons. The molecule has 0 rings (SSSR count). The minimum atomic E-state index is -4.95. The lowest BCUT2D eigenvalue weighted by atomic mass is 10.0. The van der Waals surface area contributed by atoms with Crippen LogP contribution in [0.1, 0.15) is 318 Å². The molecule has 84 heavy (non-hydrogen) atoms. The van der Waals surface area contributed by atoms with Gasteiger partial charge in [0.05, 0.1) is 26.4 Å². The molecule has 5 atom stereocenters.